The molecular formula is C24H23FN8O4. The average Bonchev–Trinajstić information content (AvgIpc) is 3.20. The first-order valence-corrected chi connectivity index (χ1v) is 11.3. The molecule has 13 heteroatoms. The van der Waals surface area contributed by atoms with Gasteiger partial charge in [0.25, 0.3) is 12.0 Å². The third-order valence-corrected chi connectivity index (χ3v) is 5.78. The number of benzene rings is 1. The standard InChI is InChI=1S/C24H23FN8O4/c1-35-15-11-16(18-17(12-15)36-9-10-37-20(18)25)19(30-14-5-3-13(4-6-14)21(26)27)22-31-24(34)33(32-22)23-28-7-2-8-29-23/h2-8,11-12,16,19,30H,9-10H2,1H3,(H3,26,27)(H,31,32,34). The van der Waals surface area contributed by atoms with Crippen molar-refractivity contribution in [1.29, 1.82) is 5.41 Å². The smallest absolute Gasteiger partial charge is 0.350 e. The molecular weight excluding hydrogens is 483 g/mol. The van der Waals surface area contributed by atoms with Crippen LogP contribution >= 0.6 is 0 Å². The van der Waals surface area contributed by atoms with Gasteiger partial charge in [-0.2, -0.15) is 4.39 Å². The van der Waals surface area contributed by atoms with Crippen LogP contribution in [0.3, 0.4) is 0 Å². The number of halogens is 1. The molecule has 12 nitrogen and oxygen atoms in total. The van der Waals surface area contributed by atoms with E-state index in [1.165, 1.54) is 19.5 Å². The van der Waals surface area contributed by atoms with Crippen molar-refractivity contribution in [2.45, 2.75) is 6.04 Å². The predicted octanol–water partition coefficient (Wildman–Crippen LogP) is 2.06. The Bertz CT molecular complexity index is 1460. The maximum absolute atomic E-state index is 15.3. The van der Waals surface area contributed by atoms with E-state index in [4.69, 9.17) is 25.4 Å². The lowest BCUT2D eigenvalue weighted by Crippen LogP contribution is -2.27. The molecule has 0 bridgehead atoms. The third kappa shape index (κ3) is 4.78. The van der Waals surface area contributed by atoms with Gasteiger partial charge in [0.2, 0.25) is 0 Å². The Hall–Kier alpha value is -4.94. The predicted molar refractivity (Wildman–Crippen MR) is 130 cm³/mol. The number of hydrogen-bond donors (Lipinski definition) is 4. The molecule has 3 aromatic rings. The summed E-state index contributed by atoms with van der Waals surface area (Å²) in [6, 6.07) is 6.75. The maximum Gasteiger partial charge on any atom is 0.350 e. The monoisotopic (exact) mass is 506 g/mol. The number of amidine groups is 1. The van der Waals surface area contributed by atoms with Gasteiger partial charge in [-0.05, 0) is 36.4 Å². The van der Waals surface area contributed by atoms with Crippen LogP contribution in [0.5, 0.6) is 0 Å². The van der Waals surface area contributed by atoms with E-state index in [2.05, 4.69) is 25.4 Å². The Morgan fingerprint density at radius 3 is 2.70 bits per heavy atom. The van der Waals surface area contributed by atoms with Crippen molar-refractivity contribution in [3.63, 3.8) is 0 Å². The highest BCUT2D eigenvalue weighted by molar-refractivity contribution is 5.95. The zero-order valence-electron chi connectivity index (χ0n) is 19.6. The Balaban J connectivity index is 1.63. The van der Waals surface area contributed by atoms with Crippen LogP contribution in [0, 0.1) is 11.3 Å². The lowest BCUT2D eigenvalue weighted by Gasteiger charge is -2.30. The molecule has 1 aliphatic carbocycles. The molecule has 1 aliphatic heterocycles. The second-order valence-electron chi connectivity index (χ2n) is 8.08. The molecule has 5 rings (SSSR count). The molecule has 2 atom stereocenters. The maximum atomic E-state index is 15.3. The molecule has 2 aliphatic rings. The quantitative estimate of drug-likeness (QED) is 0.277. The largest absolute Gasteiger partial charge is 0.497 e. The van der Waals surface area contributed by atoms with Crippen LogP contribution in [0.1, 0.15) is 17.4 Å². The average molecular weight is 506 g/mol. The molecule has 2 unspecified atom stereocenters. The summed E-state index contributed by atoms with van der Waals surface area (Å²) in [7, 11) is 1.49. The number of aromatic nitrogens is 5. The molecule has 37 heavy (non-hydrogen) atoms. The summed E-state index contributed by atoms with van der Waals surface area (Å²) in [6.45, 7) is 0.178. The first-order valence-electron chi connectivity index (χ1n) is 11.3. The van der Waals surface area contributed by atoms with Gasteiger partial charge in [-0.1, -0.05) is 0 Å². The molecule has 0 saturated carbocycles. The van der Waals surface area contributed by atoms with Crippen molar-refractivity contribution in [3.8, 4) is 5.95 Å². The van der Waals surface area contributed by atoms with E-state index in [-0.39, 0.29) is 42.2 Å². The molecule has 0 fully saturated rings. The van der Waals surface area contributed by atoms with Crippen molar-refractivity contribution >= 4 is 11.5 Å². The summed E-state index contributed by atoms with van der Waals surface area (Å²) in [4.78, 5) is 23.7. The highest BCUT2D eigenvalue weighted by Crippen LogP contribution is 2.41. The minimum atomic E-state index is -0.833. The van der Waals surface area contributed by atoms with E-state index >= 15 is 4.39 Å². The molecule has 3 heterocycles. The summed E-state index contributed by atoms with van der Waals surface area (Å²) < 4.78 is 32.7. The van der Waals surface area contributed by atoms with E-state index in [1.54, 1.807) is 42.5 Å². The fraction of sp³-hybridized carbons (Fsp3) is 0.208. The zero-order valence-corrected chi connectivity index (χ0v) is 19.6. The topological polar surface area (TPSA) is 166 Å². The minimum Gasteiger partial charge on any atom is -0.497 e. The fourth-order valence-electron chi connectivity index (χ4n) is 4.05. The van der Waals surface area contributed by atoms with Crippen LogP contribution in [0.4, 0.5) is 10.1 Å². The number of nitrogens with zero attached hydrogens (tertiary/aromatic N) is 4. The Morgan fingerprint density at radius 2 is 2.00 bits per heavy atom. The highest BCUT2D eigenvalue weighted by Gasteiger charge is 2.38. The number of aromatic amines is 1. The van der Waals surface area contributed by atoms with E-state index in [0.29, 0.717) is 17.0 Å². The second kappa shape index (κ2) is 9.97. The van der Waals surface area contributed by atoms with Crippen molar-refractivity contribution in [1.82, 2.24) is 24.7 Å². The fourth-order valence-corrected chi connectivity index (χ4v) is 4.05. The second-order valence-corrected chi connectivity index (χ2v) is 8.08. The third-order valence-electron chi connectivity index (χ3n) is 5.78. The molecule has 0 saturated heterocycles. The van der Waals surface area contributed by atoms with Crippen LogP contribution in [0.2, 0.25) is 0 Å². The summed E-state index contributed by atoms with van der Waals surface area (Å²) in [5.74, 6) is 0.0793. The van der Waals surface area contributed by atoms with Crippen LogP contribution in [0.25, 0.3) is 5.95 Å². The Morgan fingerprint density at radius 1 is 1.27 bits per heavy atom. The molecule has 1 aromatic carbocycles. The van der Waals surface area contributed by atoms with Crippen molar-refractivity contribution < 1.29 is 18.6 Å². The van der Waals surface area contributed by atoms with Gasteiger partial charge in [0, 0.05) is 35.6 Å². The van der Waals surface area contributed by atoms with E-state index in [0.717, 1.165) is 4.68 Å². The van der Waals surface area contributed by atoms with Crippen LogP contribution in [-0.4, -0.2) is 50.9 Å². The molecule has 0 radical (unpaired) electrons. The van der Waals surface area contributed by atoms with Gasteiger partial charge in [-0.15, -0.1) is 9.78 Å². The summed E-state index contributed by atoms with van der Waals surface area (Å²) in [5, 5.41) is 15.4. The number of nitrogens with one attached hydrogen (secondary N) is 3. The lowest BCUT2D eigenvalue weighted by atomic mass is 9.85. The van der Waals surface area contributed by atoms with E-state index in [9.17, 15) is 4.79 Å². The number of nitrogens with two attached hydrogens (primary N) is 1. The summed E-state index contributed by atoms with van der Waals surface area (Å²) >= 11 is 0. The Labute approximate surface area is 209 Å². The summed E-state index contributed by atoms with van der Waals surface area (Å²) in [5.41, 5.74) is 6.27. The molecule has 0 spiro atoms. The van der Waals surface area contributed by atoms with Gasteiger partial charge in [0.1, 0.15) is 30.6 Å². The van der Waals surface area contributed by atoms with Gasteiger partial charge >= 0.3 is 5.69 Å². The van der Waals surface area contributed by atoms with Gasteiger partial charge in [-0.3, -0.25) is 10.4 Å². The van der Waals surface area contributed by atoms with Crippen LogP contribution in [0.15, 0.2) is 82.8 Å². The van der Waals surface area contributed by atoms with Crippen LogP contribution < -0.4 is 16.7 Å². The number of fused-ring (bicyclic) bond motifs is 1. The van der Waals surface area contributed by atoms with E-state index < -0.39 is 23.7 Å². The molecule has 190 valence electrons. The first kappa shape index (κ1) is 23.8. The molecule has 5 N–H and O–H groups in total. The number of hydrogen-bond acceptors (Lipinski definition) is 9. The molecule has 2 aromatic heterocycles. The van der Waals surface area contributed by atoms with Gasteiger partial charge in [0.05, 0.1) is 18.7 Å². The number of allylic oxidation sites excluding steroid dienone is 2. The SMILES string of the molecule is COC1=CC(C(Nc2ccc(C(=N)N)cc2)c2nn(-c3ncccn3)c(=O)[nH]2)C2=C(F)OCCOC2=C1. The number of nitrogen functional groups attached to an aromatic ring is 1. The number of ether oxygens (including phenoxy) is 3. The Kier molecular flexibility index (Phi) is 6.41. The molecule has 0 amide bonds. The van der Waals surface area contributed by atoms with Gasteiger partial charge < -0.3 is 25.3 Å². The number of H-pyrrole nitrogens is 1. The first-order chi connectivity index (χ1) is 17.9. The highest BCUT2D eigenvalue weighted by atomic mass is 19.1. The van der Waals surface area contributed by atoms with Crippen LogP contribution in [-0.2, 0) is 14.2 Å². The number of anilines is 1. The summed E-state index contributed by atoms with van der Waals surface area (Å²) in [6.07, 6.45) is 6.25. The lowest BCUT2D eigenvalue weighted by molar-refractivity contribution is 0.106. The van der Waals surface area contributed by atoms with Gasteiger partial charge in [-0.25, -0.2) is 14.8 Å². The number of methoxy groups -OCH3 is 1. The van der Waals surface area contributed by atoms with Crippen molar-refractivity contribution in [2.24, 2.45) is 11.7 Å². The van der Waals surface area contributed by atoms with Gasteiger partial charge in [0.15, 0.2) is 5.82 Å². The normalized spacial score (nSPS) is 17.8. The number of rotatable bonds is 7. The van der Waals surface area contributed by atoms with E-state index in [1.807, 2.05) is 0 Å². The van der Waals surface area contributed by atoms with Crippen molar-refractivity contribution in [2.75, 3.05) is 25.6 Å². The zero-order chi connectivity index (χ0) is 25.9. The minimum absolute atomic E-state index is 0.0309. The van der Waals surface area contributed by atoms with Crippen molar-refractivity contribution in [3.05, 3.63) is 99.9 Å².